The van der Waals surface area contributed by atoms with Gasteiger partial charge in [-0.1, -0.05) is 0 Å². The number of imidazole rings is 2. The number of fused-ring (bicyclic) bond motifs is 5. The third-order valence-electron chi connectivity index (χ3n) is 7.32. The molecule has 0 radical (unpaired) electrons. The van der Waals surface area contributed by atoms with Gasteiger partial charge in [0.05, 0.1) is 32.0 Å². The second-order valence-corrected chi connectivity index (χ2v) is 13.2. The van der Waals surface area contributed by atoms with Crippen LogP contribution < -0.4 is 17.0 Å². The van der Waals surface area contributed by atoms with Gasteiger partial charge in [0.15, 0.2) is 28.9 Å². The molecule has 4 aromatic heterocycles. The first kappa shape index (κ1) is 29.4. The summed E-state index contributed by atoms with van der Waals surface area (Å²) in [6, 6.07) is 0. The summed E-state index contributed by atoms with van der Waals surface area (Å²) in [7, 11) is -7.88. The van der Waals surface area contributed by atoms with E-state index in [0.717, 1.165) is 7.11 Å². The smallest absolute Gasteiger partial charge is 0.382 e. The number of nitrogens with one attached hydrogen (secondary N) is 1. The van der Waals surface area contributed by atoms with Crippen molar-refractivity contribution in [2.45, 2.75) is 49.7 Å². The number of phosphoric ester groups is 2. The monoisotopic (exact) mass is 656 g/mol. The van der Waals surface area contributed by atoms with Gasteiger partial charge in [-0.3, -0.25) is 41.5 Å². The van der Waals surface area contributed by atoms with Crippen LogP contribution in [0.2, 0.25) is 0 Å². The average Bonchev–Trinajstić information content (AvgIpc) is 3.76. The number of aromatic amines is 1. The fraction of sp³-hybridized carbons (Fsp3) is 0.524. The molecule has 3 aliphatic rings. The fourth-order valence-electron chi connectivity index (χ4n) is 5.34. The molecule has 8 atom stereocenters. The Morgan fingerprint density at radius 1 is 0.955 bits per heavy atom. The minimum absolute atomic E-state index is 0.0231. The number of H-pyrrole nitrogens is 1. The minimum Gasteiger partial charge on any atom is -0.382 e. The summed E-state index contributed by atoms with van der Waals surface area (Å²) in [6.45, 7) is -0.851. The second kappa shape index (κ2) is 10.9. The number of ether oxygens (including phenoxy) is 2. The summed E-state index contributed by atoms with van der Waals surface area (Å²) < 4.78 is 69.3. The molecule has 3 aliphatic heterocycles. The van der Waals surface area contributed by atoms with E-state index in [2.05, 4.69) is 29.9 Å². The molecule has 6 N–H and O–H groups in total. The van der Waals surface area contributed by atoms with Crippen molar-refractivity contribution < 1.29 is 46.1 Å². The van der Waals surface area contributed by atoms with Gasteiger partial charge in [0, 0.05) is 20.0 Å². The maximum atomic E-state index is 13.6. The Morgan fingerprint density at radius 2 is 1.75 bits per heavy atom. The van der Waals surface area contributed by atoms with E-state index in [4.69, 9.17) is 43.6 Å². The third-order valence-corrected chi connectivity index (χ3v) is 9.78. The highest BCUT2D eigenvalue weighted by Gasteiger charge is 2.48. The van der Waals surface area contributed by atoms with Crippen molar-refractivity contribution in [1.82, 2.24) is 39.0 Å². The Bertz CT molecular complexity index is 1880. The Kier molecular flexibility index (Phi) is 7.28. The number of phosphoric acid groups is 2. The maximum absolute atomic E-state index is 13.6. The molecule has 21 nitrogen and oxygen atoms in total. The van der Waals surface area contributed by atoms with Crippen molar-refractivity contribution in [2.75, 3.05) is 31.8 Å². The van der Waals surface area contributed by atoms with Gasteiger partial charge in [-0.05, 0) is 0 Å². The largest absolute Gasteiger partial charge is 0.474 e. The number of nitrogens with two attached hydrogens (primary N) is 2. The molecule has 0 saturated carbocycles. The van der Waals surface area contributed by atoms with E-state index in [0.29, 0.717) is 11.2 Å². The van der Waals surface area contributed by atoms with Crippen LogP contribution in [0, 0.1) is 0 Å². The molecule has 0 amide bonds. The van der Waals surface area contributed by atoms with Gasteiger partial charge >= 0.3 is 15.6 Å². The molecule has 236 valence electrons. The first-order valence-electron chi connectivity index (χ1n) is 13.1. The van der Waals surface area contributed by atoms with Crippen molar-refractivity contribution in [3.63, 3.8) is 0 Å². The van der Waals surface area contributed by atoms with Gasteiger partial charge in [0.25, 0.3) is 5.56 Å². The molecule has 44 heavy (non-hydrogen) atoms. The van der Waals surface area contributed by atoms with Crippen LogP contribution in [0.15, 0.2) is 23.8 Å². The van der Waals surface area contributed by atoms with Crippen molar-refractivity contribution in [1.29, 1.82) is 0 Å². The van der Waals surface area contributed by atoms with Crippen LogP contribution in [0.4, 0.5) is 11.8 Å². The zero-order valence-corrected chi connectivity index (χ0v) is 24.5. The summed E-state index contributed by atoms with van der Waals surface area (Å²) in [5.74, 6) is -0.0189. The number of nitrogens with zero attached hydrogens (tertiary/aromatic N) is 7. The minimum atomic E-state index is -4.79. The lowest BCUT2D eigenvalue weighted by Gasteiger charge is -2.26. The molecule has 3 saturated heterocycles. The zero-order chi connectivity index (χ0) is 30.8. The van der Waals surface area contributed by atoms with Crippen LogP contribution in [0.25, 0.3) is 22.3 Å². The number of anilines is 2. The molecule has 3 fully saturated rings. The second-order valence-electron chi connectivity index (χ2n) is 10.1. The standard InChI is InChI=1S/C21H26N10O11P2/c1-36-44(35)38-4-9-2-11(20(39-9)31-8-27-15-18(31)28-21(23)29-19(15)32)41-43(33,34)37-5-12-10(42-44)3-13(40-12)30-7-26-14-16(22)24-6-25-17(14)30/h6-13,20H,2-5H2,1H3,(H,33,34)(H2,22,24,25)(H3,23,28,29,32)/t9-,10-,11+,12?,13+,20?,44?/m0/s1. The summed E-state index contributed by atoms with van der Waals surface area (Å²) >= 11 is 0. The quantitative estimate of drug-likeness (QED) is 0.217. The summed E-state index contributed by atoms with van der Waals surface area (Å²) in [4.78, 5) is 45.9. The van der Waals surface area contributed by atoms with E-state index in [1.165, 1.54) is 23.5 Å². The normalized spacial score (nSPS) is 34.9. The summed E-state index contributed by atoms with van der Waals surface area (Å²) in [5, 5.41) is 0. The van der Waals surface area contributed by atoms with Crippen LogP contribution in [-0.4, -0.2) is 88.7 Å². The van der Waals surface area contributed by atoms with E-state index in [9.17, 15) is 18.8 Å². The number of rotatable bonds is 3. The van der Waals surface area contributed by atoms with Crippen LogP contribution in [0.1, 0.15) is 25.3 Å². The van der Waals surface area contributed by atoms with Crippen molar-refractivity contribution in [3.8, 4) is 0 Å². The molecule has 0 aromatic carbocycles. The Hall–Kier alpha value is -3.36. The molecule has 4 unspecified atom stereocenters. The summed E-state index contributed by atoms with van der Waals surface area (Å²) in [5.41, 5.74) is 11.7. The van der Waals surface area contributed by atoms with Crippen LogP contribution in [-0.2, 0) is 41.2 Å². The maximum Gasteiger partial charge on any atom is 0.474 e. The highest BCUT2D eigenvalue weighted by molar-refractivity contribution is 7.48. The highest BCUT2D eigenvalue weighted by atomic mass is 31.2. The number of hydrogen-bond donors (Lipinski definition) is 4. The molecule has 0 aliphatic carbocycles. The van der Waals surface area contributed by atoms with Gasteiger partial charge in [0.1, 0.15) is 36.4 Å². The van der Waals surface area contributed by atoms with Crippen LogP contribution in [0.5, 0.6) is 0 Å². The van der Waals surface area contributed by atoms with E-state index in [1.54, 1.807) is 4.57 Å². The number of hydrogen-bond acceptors (Lipinski definition) is 17. The number of nitrogen functional groups attached to an aromatic ring is 2. The lowest BCUT2D eigenvalue weighted by Crippen LogP contribution is -2.29. The van der Waals surface area contributed by atoms with Crippen LogP contribution >= 0.6 is 15.6 Å². The molecule has 0 spiro atoms. The van der Waals surface area contributed by atoms with Gasteiger partial charge in [-0.15, -0.1) is 0 Å². The van der Waals surface area contributed by atoms with E-state index in [1.807, 2.05) is 0 Å². The Balaban J connectivity index is 1.18. The SMILES string of the molecule is COP1(=O)OC[C@@H]2C[C@@H](OP(=O)(O)OCC3O[C@@H](n4cnc5c(N)ncnc54)C[C@@H]3O1)C(n1cnc3c(=O)[nH]c(N)nc31)O2. The summed E-state index contributed by atoms with van der Waals surface area (Å²) in [6.07, 6.45) is -1.95. The van der Waals surface area contributed by atoms with Gasteiger partial charge in [-0.25, -0.2) is 29.1 Å². The van der Waals surface area contributed by atoms with Crippen LogP contribution in [0.3, 0.4) is 0 Å². The lowest BCUT2D eigenvalue weighted by molar-refractivity contribution is -0.0676. The molecular formula is C21H26N10O11P2. The van der Waals surface area contributed by atoms with E-state index >= 15 is 0 Å². The molecular weight excluding hydrogens is 630 g/mol. The topological polar surface area (TPSA) is 278 Å². The lowest BCUT2D eigenvalue weighted by atomic mass is 10.2. The Labute approximate surface area is 246 Å². The number of aromatic nitrogens is 8. The predicted molar refractivity (Wildman–Crippen MR) is 145 cm³/mol. The van der Waals surface area contributed by atoms with Gasteiger partial charge < -0.3 is 25.8 Å². The van der Waals surface area contributed by atoms with Gasteiger partial charge in [-0.2, -0.15) is 4.98 Å². The Morgan fingerprint density at radius 3 is 2.57 bits per heavy atom. The molecule has 7 heterocycles. The molecule has 23 heteroatoms. The first-order valence-corrected chi connectivity index (χ1v) is 16.1. The van der Waals surface area contributed by atoms with Crippen molar-refractivity contribution in [3.05, 3.63) is 29.3 Å². The fourth-order valence-corrected chi connectivity index (χ4v) is 7.42. The first-order chi connectivity index (χ1) is 21.0. The predicted octanol–water partition coefficient (Wildman–Crippen LogP) is 0.371. The van der Waals surface area contributed by atoms with Gasteiger partial charge in [0.2, 0.25) is 5.95 Å². The highest BCUT2D eigenvalue weighted by Crippen LogP contribution is 2.55. The molecule has 2 bridgehead atoms. The zero-order valence-electron chi connectivity index (χ0n) is 22.7. The van der Waals surface area contributed by atoms with Crippen molar-refractivity contribution >= 4 is 49.7 Å². The van der Waals surface area contributed by atoms with E-state index in [-0.39, 0.29) is 42.4 Å². The van der Waals surface area contributed by atoms with E-state index < -0.39 is 64.7 Å². The van der Waals surface area contributed by atoms with Crippen molar-refractivity contribution in [2.24, 2.45) is 0 Å². The average molecular weight is 656 g/mol. The molecule has 4 aromatic rings. The third kappa shape index (κ3) is 5.30. The molecule has 7 rings (SSSR count).